The molecule has 0 spiro atoms. The molecule has 1 aromatic rings. The molecular formula is C13H18FNO2S. The monoisotopic (exact) mass is 271 g/mol. The third-order valence-corrected chi connectivity index (χ3v) is 5.36. The molecule has 0 aliphatic carbocycles. The minimum atomic E-state index is -3.26. The molecule has 1 heterocycles. The molecule has 0 amide bonds. The van der Waals surface area contributed by atoms with E-state index in [1.165, 1.54) is 10.4 Å². The Morgan fingerprint density at radius 1 is 1.39 bits per heavy atom. The SMILES string of the molecule is CCCS(=O)(=O)N1CCCC1c1ccccc1F. The van der Waals surface area contributed by atoms with Crippen LogP contribution in [-0.4, -0.2) is 25.0 Å². The Labute approximate surface area is 108 Å². The minimum absolute atomic E-state index is 0.137. The van der Waals surface area contributed by atoms with E-state index < -0.39 is 10.0 Å². The van der Waals surface area contributed by atoms with Gasteiger partial charge in [0.1, 0.15) is 5.82 Å². The van der Waals surface area contributed by atoms with Crippen LogP contribution in [0, 0.1) is 5.82 Å². The maximum atomic E-state index is 13.8. The fourth-order valence-corrected chi connectivity index (χ4v) is 4.27. The van der Waals surface area contributed by atoms with Gasteiger partial charge in [0.15, 0.2) is 0 Å². The van der Waals surface area contributed by atoms with E-state index in [-0.39, 0.29) is 17.6 Å². The topological polar surface area (TPSA) is 37.4 Å². The molecule has 5 heteroatoms. The number of rotatable bonds is 4. The molecule has 3 nitrogen and oxygen atoms in total. The summed E-state index contributed by atoms with van der Waals surface area (Å²) in [6, 6.07) is 6.11. The maximum Gasteiger partial charge on any atom is 0.214 e. The van der Waals surface area contributed by atoms with Gasteiger partial charge in [-0.2, -0.15) is 4.31 Å². The second-order valence-corrected chi connectivity index (χ2v) is 6.65. The van der Waals surface area contributed by atoms with Crippen molar-refractivity contribution < 1.29 is 12.8 Å². The Morgan fingerprint density at radius 2 is 2.11 bits per heavy atom. The smallest absolute Gasteiger partial charge is 0.212 e. The van der Waals surface area contributed by atoms with Gasteiger partial charge >= 0.3 is 0 Å². The predicted molar refractivity (Wildman–Crippen MR) is 69.2 cm³/mol. The van der Waals surface area contributed by atoms with Gasteiger partial charge in [-0.15, -0.1) is 0 Å². The molecule has 0 N–H and O–H groups in total. The van der Waals surface area contributed by atoms with Gasteiger partial charge in [0.25, 0.3) is 0 Å². The Bertz CT molecular complexity index is 515. The van der Waals surface area contributed by atoms with Crippen LogP contribution in [0.4, 0.5) is 4.39 Å². The summed E-state index contributed by atoms with van der Waals surface area (Å²) in [5.74, 6) is -0.182. The van der Waals surface area contributed by atoms with E-state index in [4.69, 9.17) is 0 Å². The van der Waals surface area contributed by atoms with E-state index in [9.17, 15) is 12.8 Å². The molecule has 1 aliphatic heterocycles. The van der Waals surface area contributed by atoms with Crippen molar-refractivity contribution in [2.75, 3.05) is 12.3 Å². The fourth-order valence-electron chi connectivity index (χ4n) is 2.50. The molecular weight excluding hydrogens is 253 g/mol. The first-order valence-corrected chi connectivity index (χ1v) is 7.91. The maximum absolute atomic E-state index is 13.8. The first-order valence-electron chi connectivity index (χ1n) is 6.30. The van der Waals surface area contributed by atoms with Crippen molar-refractivity contribution in [3.05, 3.63) is 35.6 Å². The zero-order valence-electron chi connectivity index (χ0n) is 10.5. The van der Waals surface area contributed by atoms with Gasteiger partial charge in [0, 0.05) is 12.1 Å². The van der Waals surface area contributed by atoms with Crippen LogP contribution in [0.1, 0.15) is 37.8 Å². The van der Waals surface area contributed by atoms with Gasteiger partial charge in [-0.05, 0) is 25.3 Å². The molecule has 1 saturated heterocycles. The van der Waals surface area contributed by atoms with E-state index in [0.717, 1.165) is 6.42 Å². The third-order valence-electron chi connectivity index (χ3n) is 3.29. The van der Waals surface area contributed by atoms with Crippen molar-refractivity contribution in [1.82, 2.24) is 4.31 Å². The van der Waals surface area contributed by atoms with Crippen molar-refractivity contribution >= 4 is 10.0 Å². The lowest BCUT2D eigenvalue weighted by Crippen LogP contribution is -2.32. The molecule has 1 unspecified atom stereocenters. The number of halogens is 1. The first-order chi connectivity index (χ1) is 8.56. The van der Waals surface area contributed by atoms with Gasteiger partial charge in [0.05, 0.1) is 11.8 Å². The first kappa shape index (κ1) is 13.5. The van der Waals surface area contributed by atoms with Crippen molar-refractivity contribution in [3.8, 4) is 0 Å². The Balaban J connectivity index is 2.31. The minimum Gasteiger partial charge on any atom is -0.212 e. The molecule has 18 heavy (non-hydrogen) atoms. The summed E-state index contributed by atoms with van der Waals surface area (Å²) in [7, 11) is -3.26. The highest BCUT2D eigenvalue weighted by Gasteiger charge is 2.35. The summed E-state index contributed by atoms with van der Waals surface area (Å²) < 4.78 is 39.5. The molecule has 0 radical (unpaired) electrons. The second kappa shape index (κ2) is 5.36. The normalized spacial score (nSPS) is 21.3. The highest BCUT2D eigenvalue weighted by Crippen LogP contribution is 2.35. The lowest BCUT2D eigenvalue weighted by atomic mass is 10.1. The van der Waals surface area contributed by atoms with E-state index in [0.29, 0.717) is 24.9 Å². The van der Waals surface area contributed by atoms with Crippen molar-refractivity contribution in [2.45, 2.75) is 32.2 Å². The average molecular weight is 271 g/mol. The largest absolute Gasteiger partial charge is 0.214 e. The summed E-state index contributed by atoms with van der Waals surface area (Å²) in [6.07, 6.45) is 2.08. The Kier molecular flexibility index (Phi) is 4.02. The molecule has 0 aromatic heterocycles. The lowest BCUT2D eigenvalue weighted by Gasteiger charge is -2.24. The van der Waals surface area contributed by atoms with Crippen LogP contribution in [-0.2, 0) is 10.0 Å². The molecule has 1 fully saturated rings. The zero-order valence-corrected chi connectivity index (χ0v) is 11.3. The number of nitrogens with zero attached hydrogens (tertiary/aromatic N) is 1. The molecule has 0 saturated carbocycles. The summed E-state index contributed by atoms with van der Waals surface area (Å²) in [4.78, 5) is 0. The van der Waals surface area contributed by atoms with Gasteiger partial charge in [-0.1, -0.05) is 25.1 Å². The highest BCUT2D eigenvalue weighted by atomic mass is 32.2. The standard InChI is InChI=1S/C13H18FNO2S/c1-2-10-18(16,17)15-9-5-8-13(15)11-6-3-4-7-12(11)14/h3-4,6-7,13H,2,5,8-10H2,1H3. The zero-order chi connectivity index (χ0) is 13.2. The van der Waals surface area contributed by atoms with E-state index in [1.54, 1.807) is 18.2 Å². The average Bonchev–Trinajstić information content (AvgIpc) is 2.79. The molecule has 0 bridgehead atoms. The Morgan fingerprint density at radius 3 is 2.78 bits per heavy atom. The van der Waals surface area contributed by atoms with Crippen LogP contribution in [0.5, 0.6) is 0 Å². The van der Waals surface area contributed by atoms with Crippen LogP contribution in [0.25, 0.3) is 0 Å². The molecule has 1 aliphatic rings. The molecule has 2 rings (SSSR count). The lowest BCUT2D eigenvalue weighted by molar-refractivity contribution is 0.386. The van der Waals surface area contributed by atoms with Crippen LogP contribution in [0.15, 0.2) is 24.3 Å². The van der Waals surface area contributed by atoms with Gasteiger partial charge in [-0.3, -0.25) is 0 Å². The van der Waals surface area contributed by atoms with Gasteiger partial charge < -0.3 is 0 Å². The summed E-state index contributed by atoms with van der Waals surface area (Å²) in [5.41, 5.74) is 0.495. The van der Waals surface area contributed by atoms with E-state index in [2.05, 4.69) is 0 Å². The quantitative estimate of drug-likeness (QED) is 0.844. The second-order valence-electron chi connectivity index (χ2n) is 4.61. The van der Waals surface area contributed by atoms with Crippen LogP contribution in [0.3, 0.4) is 0 Å². The van der Waals surface area contributed by atoms with Gasteiger partial charge in [0.2, 0.25) is 10.0 Å². The number of hydrogen-bond acceptors (Lipinski definition) is 2. The molecule has 1 aromatic carbocycles. The van der Waals surface area contributed by atoms with Gasteiger partial charge in [-0.25, -0.2) is 12.8 Å². The van der Waals surface area contributed by atoms with Crippen LogP contribution >= 0.6 is 0 Å². The van der Waals surface area contributed by atoms with Crippen LogP contribution < -0.4 is 0 Å². The number of hydrogen-bond donors (Lipinski definition) is 0. The van der Waals surface area contributed by atoms with Crippen LogP contribution in [0.2, 0.25) is 0 Å². The number of benzene rings is 1. The van der Waals surface area contributed by atoms with Crippen molar-refractivity contribution in [3.63, 3.8) is 0 Å². The molecule has 100 valence electrons. The summed E-state index contributed by atoms with van der Waals surface area (Å²) >= 11 is 0. The van der Waals surface area contributed by atoms with E-state index >= 15 is 0 Å². The molecule has 1 atom stereocenters. The summed E-state index contributed by atoms with van der Waals surface area (Å²) in [6.45, 7) is 2.34. The van der Waals surface area contributed by atoms with Crippen molar-refractivity contribution in [2.24, 2.45) is 0 Å². The Hall–Kier alpha value is -0.940. The summed E-state index contributed by atoms with van der Waals surface area (Å²) in [5, 5.41) is 0. The predicted octanol–water partition coefficient (Wildman–Crippen LogP) is 2.70. The third kappa shape index (κ3) is 2.57. The van der Waals surface area contributed by atoms with Crippen molar-refractivity contribution in [1.29, 1.82) is 0 Å². The van der Waals surface area contributed by atoms with E-state index in [1.807, 2.05) is 6.92 Å². The fraction of sp³-hybridized carbons (Fsp3) is 0.538. The number of sulfonamides is 1. The highest BCUT2D eigenvalue weighted by molar-refractivity contribution is 7.89.